The number of aliphatic imine (C=N–C) groups is 1. The highest BCUT2D eigenvalue weighted by molar-refractivity contribution is 7.84. The van der Waals surface area contributed by atoms with Crippen LogP contribution >= 0.6 is 0 Å². The Morgan fingerprint density at radius 2 is 1.86 bits per heavy atom. The van der Waals surface area contributed by atoms with E-state index >= 15 is 0 Å². The van der Waals surface area contributed by atoms with Gasteiger partial charge in [0.2, 0.25) is 0 Å². The smallest absolute Gasteiger partial charge is 0.191 e. The molecule has 0 bridgehead atoms. The van der Waals surface area contributed by atoms with Crippen molar-refractivity contribution >= 4 is 16.8 Å². The second-order valence-corrected chi connectivity index (χ2v) is 7.84. The molecule has 2 unspecified atom stereocenters. The molecule has 0 heterocycles. The maximum absolute atomic E-state index is 12.2. The lowest BCUT2D eigenvalue weighted by atomic mass is 10.2. The Balaban J connectivity index is 1.68. The summed E-state index contributed by atoms with van der Waals surface area (Å²) < 4.78 is 23.3. The van der Waals surface area contributed by atoms with Gasteiger partial charge in [0, 0.05) is 42.0 Å². The van der Waals surface area contributed by atoms with E-state index in [4.69, 9.17) is 9.47 Å². The van der Waals surface area contributed by atoms with Crippen LogP contribution in [0.2, 0.25) is 0 Å². The minimum absolute atomic E-state index is 0.0575. The summed E-state index contributed by atoms with van der Waals surface area (Å²) in [6, 6.07) is 17.4. The molecule has 28 heavy (non-hydrogen) atoms. The molecule has 0 saturated carbocycles. The molecule has 0 aliphatic carbocycles. The maximum atomic E-state index is 12.2. The first-order valence-electron chi connectivity index (χ1n) is 9.25. The molecule has 0 saturated heterocycles. The van der Waals surface area contributed by atoms with Crippen molar-refractivity contribution in [2.75, 3.05) is 33.0 Å². The monoisotopic (exact) mass is 403 g/mol. The zero-order chi connectivity index (χ0) is 20.2. The van der Waals surface area contributed by atoms with Gasteiger partial charge in [-0.05, 0) is 24.6 Å². The van der Waals surface area contributed by atoms with Gasteiger partial charge >= 0.3 is 0 Å². The van der Waals surface area contributed by atoms with Crippen molar-refractivity contribution in [1.29, 1.82) is 0 Å². The van der Waals surface area contributed by atoms with Crippen LogP contribution in [0.3, 0.4) is 0 Å². The molecular formula is C21H29N3O3S. The molecule has 152 valence electrons. The fourth-order valence-electron chi connectivity index (χ4n) is 2.53. The summed E-state index contributed by atoms with van der Waals surface area (Å²) in [5, 5.41) is 6.42. The summed E-state index contributed by atoms with van der Waals surface area (Å²) in [4.78, 5) is 4.20. The molecule has 0 radical (unpaired) electrons. The molecule has 0 aromatic heterocycles. The van der Waals surface area contributed by atoms with E-state index < -0.39 is 10.8 Å². The SMILES string of the molecule is CN=C(NCCS(=O)Cc1ccccc1)NCC(C)Oc1cccc(OC)c1. The van der Waals surface area contributed by atoms with Crippen molar-refractivity contribution in [2.45, 2.75) is 18.8 Å². The van der Waals surface area contributed by atoms with E-state index in [0.717, 1.165) is 17.1 Å². The minimum atomic E-state index is -0.914. The number of guanidine groups is 1. The number of methoxy groups -OCH3 is 1. The summed E-state index contributed by atoms with van der Waals surface area (Å²) in [6.45, 7) is 3.16. The van der Waals surface area contributed by atoms with E-state index in [0.29, 0.717) is 30.6 Å². The topological polar surface area (TPSA) is 72.0 Å². The number of benzene rings is 2. The summed E-state index contributed by atoms with van der Waals surface area (Å²) in [7, 11) is 2.43. The Hall–Kier alpha value is -2.54. The average Bonchev–Trinajstić information content (AvgIpc) is 2.71. The Labute approximate surface area is 169 Å². The predicted octanol–water partition coefficient (Wildman–Crippen LogP) is 2.58. The standard InChI is InChI=1S/C21H29N3O3S/c1-17(27-20-11-7-10-19(14-20)26-3)15-24-21(22-2)23-12-13-28(25)16-18-8-5-4-6-9-18/h4-11,14,17H,12-13,15-16H2,1-3H3,(H2,22,23,24). The first kappa shape index (κ1) is 21.8. The highest BCUT2D eigenvalue weighted by Crippen LogP contribution is 2.19. The molecule has 0 aliphatic rings. The first-order valence-corrected chi connectivity index (χ1v) is 10.7. The lowest BCUT2D eigenvalue weighted by molar-refractivity contribution is 0.223. The van der Waals surface area contributed by atoms with Crippen molar-refractivity contribution < 1.29 is 13.7 Å². The van der Waals surface area contributed by atoms with Crippen LogP contribution in [-0.4, -0.2) is 49.3 Å². The maximum Gasteiger partial charge on any atom is 0.191 e. The largest absolute Gasteiger partial charge is 0.497 e. The molecule has 0 aliphatic heterocycles. The van der Waals surface area contributed by atoms with E-state index in [1.165, 1.54) is 0 Å². The van der Waals surface area contributed by atoms with Crippen molar-refractivity contribution in [2.24, 2.45) is 4.99 Å². The third-order valence-corrected chi connectivity index (χ3v) is 5.27. The van der Waals surface area contributed by atoms with Crippen LogP contribution in [-0.2, 0) is 16.6 Å². The van der Waals surface area contributed by atoms with Gasteiger partial charge in [-0.15, -0.1) is 0 Å². The van der Waals surface area contributed by atoms with E-state index in [-0.39, 0.29) is 6.10 Å². The number of rotatable bonds is 10. The Morgan fingerprint density at radius 1 is 1.11 bits per heavy atom. The quantitative estimate of drug-likeness (QED) is 0.471. The summed E-state index contributed by atoms with van der Waals surface area (Å²) in [5.41, 5.74) is 1.09. The molecular weight excluding hydrogens is 374 g/mol. The molecule has 0 fully saturated rings. The van der Waals surface area contributed by atoms with Crippen LogP contribution in [0.25, 0.3) is 0 Å². The Kier molecular flexibility index (Phi) is 9.34. The molecule has 0 amide bonds. The molecule has 2 aromatic rings. The molecule has 7 heteroatoms. The zero-order valence-corrected chi connectivity index (χ0v) is 17.5. The highest BCUT2D eigenvalue weighted by atomic mass is 32.2. The van der Waals surface area contributed by atoms with Gasteiger partial charge in [0.1, 0.15) is 17.6 Å². The van der Waals surface area contributed by atoms with Crippen molar-refractivity contribution in [3.63, 3.8) is 0 Å². The van der Waals surface area contributed by atoms with Crippen LogP contribution in [0.1, 0.15) is 12.5 Å². The van der Waals surface area contributed by atoms with E-state index in [1.54, 1.807) is 14.2 Å². The van der Waals surface area contributed by atoms with Crippen LogP contribution in [0.4, 0.5) is 0 Å². The fraction of sp³-hybridized carbons (Fsp3) is 0.381. The number of hydrogen-bond donors (Lipinski definition) is 2. The molecule has 0 spiro atoms. The average molecular weight is 404 g/mol. The molecule has 2 atom stereocenters. The van der Waals surface area contributed by atoms with Gasteiger partial charge in [0.15, 0.2) is 5.96 Å². The lowest BCUT2D eigenvalue weighted by Crippen LogP contribution is -2.43. The van der Waals surface area contributed by atoms with Crippen LogP contribution in [0.15, 0.2) is 59.6 Å². The van der Waals surface area contributed by atoms with Gasteiger partial charge in [0.05, 0.1) is 13.7 Å². The molecule has 2 rings (SSSR count). The number of ether oxygens (including phenoxy) is 2. The summed E-state index contributed by atoms with van der Waals surface area (Å²) >= 11 is 0. The first-order chi connectivity index (χ1) is 13.6. The third kappa shape index (κ3) is 8.00. The van der Waals surface area contributed by atoms with Crippen molar-refractivity contribution in [3.05, 3.63) is 60.2 Å². The van der Waals surface area contributed by atoms with Gasteiger partial charge in [-0.25, -0.2) is 0 Å². The van der Waals surface area contributed by atoms with Crippen LogP contribution in [0.5, 0.6) is 11.5 Å². The Bertz CT molecular complexity index is 769. The van der Waals surface area contributed by atoms with Crippen molar-refractivity contribution in [3.8, 4) is 11.5 Å². The van der Waals surface area contributed by atoms with E-state index in [1.807, 2.05) is 61.5 Å². The van der Waals surface area contributed by atoms with Crippen LogP contribution in [0, 0.1) is 0 Å². The van der Waals surface area contributed by atoms with Crippen molar-refractivity contribution in [1.82, 2.24) is 10.6 Å². The lowest BCUT2D eigenvalue weighted by Gasteiger charge is -2.18. The van der Waals surface area contributed by atoms with E-state index in [9.17, 15) is 4.21 Å². The predicted molar refractivity (Wildman–Crippen MR) is 116 cm³/mol. The molecule has 2 aromatic carbocycles. The second-order valence-electron chi connectivity index (χ2n) is 6.26. The van der Waals surface area contributed by atoms with Gasteiger partial charge in [-0.2, -0.15) is 0 Å². The summed E-state index contributed by atoms with van der Waals surface area (Å²) in [6.07, 6.45) is -0.0575. The van der Waals surface area contributed by atoms with Gasteiger partial charge in [-0.3, -0.25) is 9.20 Å². The van der Waals surface area contributed by atoms with E-state index in [2.05, 4.69) is 15.6 Å². The number of nitrogens with zero attached hydrogens (tertiary/aromatic N) is 1. The number of nitrogens with one attached hydrogen (secondary N) is 2. The third-order valence-electron chi connectivity index (χ3n) is 3.95. The van der Waals surface area contributed by atoms with Gasteiger partial charge < -0.3 is 20.1 Å². The number of hydrogen-bond acceptors (Lipinski definition) is 4. The molecule has 6 nitrogen and oxygen atoms in total. The summed E-state index contributed by atoms with van der Waals surface area (Å²) in [5.74, 6) is 3.31. The van der Waals surface area contributed by atoms with Crippen LogP contribution < -0.4 is 20.1 Å². The van der Waals surface area contributed by atoms with Gasteiger partial charge in [0.25, 0.3) is 0 Å². The highest BCUT2D eigenvalue weighted by Gasteiger charge is 2.07. The molecule has 2 N–H and O–H groups in total. The zero-order valence-electron chi connectivity index (χ0n) is 16.7. The van der Waals surface area contributed by atoms with Gasteiger partial charge in [-0.1, -0.05) is 36.4 Å². The Morgan fingerprint density at radius 3 is 2.57 bits per heavy atom. The second kappa shape index (κ2) is 12.0. The normalized spacial score (nSPS) is 13.5. The minimum Gasteiger partial charge on any atom is -0.497 e. The fourth-order valence-corrected chi connectivity index (χ4v) is 3.56.